The maximum atomic E-state index is 12.4. The standard InChI is InChI=1S/C14H17F3N4O3S/c15-14(16,17)3-2-12(22)20-6-7-21(13-18-4-1-5-19-13)11-9-25(23,24)8-10(11)20/h1,4-5,10-11H,2-3,6-9H2/t10-,11+/m0/s1. The lowest BCUT2D eigenvalue weighted by Gasteiger charge is -2.43. The number of sulfone groups is 1. The van der Waals surface area contributed by atoms with E-state index < -0.39 is 46.8 Å². The Morgan fingerprint density at radius 2 is 1.80 bits per heavy atom. The van der Waals surface area contributed by atoms with Crippen molar-refractivity contribution in [2.45, 2.75) is 31.1 Å². The molecule has 0 unspecified atom stereocenters. The number of amides is 1. The molecule has 2 aliphatic heterocycles. The zero-order valence-corrected chi connectivity index (χ0v) is 14.0. The van der Waals surface area contributed by atoms with E-state index in [1.54, 1.807) is 11.0 Å². The van der Waals surface area contributed by atoms with Crippen molar-refractivity contribution in [2.24, 2.45) is 0 Å². The third kappa shape index (κ3) is 4.02. The maximum Gasteiger partial charge on any atom is 0.389 e. The predicted octanol–water partition coefficient (Wildman–Crippen LogP) is 0.633. The third-order valence-corrected chi connectivity index (χ3v) is 6.13. The van der Waals surface area contributed by atoms with E-state index >= 15 is 0 Å². The van der Waals surface area contributed by atoms with Crippen LogP contribution in [0.3, 0.4) is 0 Å². The molecule has 1 aromatic heterocycles. The maximum absolute atomic E-state index is 12.4. The minimum atomic E-state index is -4.42. The fraction of sp³-hybridized carbons (Fsp3) is 0.643. The lowest BCUT2D eigenvalue weighted by Crippen LogP contribution is -2.61. The van der Waals surface area contributed by atoms with E-state index in [9.17, 15) is 26.4 Å². The van der Waals surface area contributed by atoms with Crippen LogP contribution in [-0.4, -0.2) is 72.0 Å². The summed E-state index contributed by atoms with van der Waals surface area (Å²) < 4.78 is 61.2. The summed E-state index contributed by atoms with van der Waals surface area (Å²) >= 11 is 0. The molecule has 0 aliphatic carbocycles. The quantitative estimate of drug-likeness (QED) is 0.767. The molecule has 25 heavy (non-hydrogen) atoms. The number of anilines is 1. The van der Waals surface area contributed by atoms with Crippen molar-refractivity contribution in [3.8, 4) is 0 Å². The first-order valence-electron chi connectivity index (χ1n) is 7.77. The van der Waals surface area contributed by atoms with Gasteiger partial charge in [-0.2, -0.15) is 13.2 Å². The second-order valence-corrected chi connectivity index (χ2v) is 8.31. The first-order valence-corrected chi connectivity index (χ1v) is 9.59. The van der Waals surface area contributed by atoms with Crippen LogP contribution in [0.15, 0.2) is 18.5 Å². The van der Waals surface area contributed by atoms with Crippen LogP contribution in [0.1, 0.15) is 12.8 Å². The highest BCUT2D eigenvalue weighted by atomic mass is 32.2. The molecule has 2 fully saturated rings. The first kappa shape index (κ1) is 17.9. The number of rotatable bonds is 3. The SMILES string of the molecule is O=C(CCC(F)(F)F)N1CCN(c2ncccn2)[C@@H]2CS(=O)(=O)C[C@@H]21. The second kappa shape index (κ2) is 6.43. The Bertz CT molecular complexity index is 741. The highest BCUT2D eigenvalue weighted by Gasteiger charge is 2.49. The lowest BCUT2D eigenvalue weighted by atomic mass is 10.0. The third-order valence-electron chi connectivity index (χ3n) is 4.43. The minimum absolute atomic E-state index is 0.144. The summed E-state index contributed by atoms with van der Waals surface area (Å²) in [6.07, 6.45) is -3.24. The van der Waals surface area contributed by atoms with Gasteiger partial charge < -0.3 is 9.80 Å². The van der Waals surface area contributed by atoms with Gasteiger partial charge in [-0.15, -0.1) is 0 Å². The minimum Gasteiger partial charge on any atom is -0.335 e. The van der Waals surface area contributed by atoms with Crippen molar-refractivity contribution in [2.75, 3.05) is 29.5 Å². The van der Waals surface area contributed by atoms with Crippen LogP contribution in [0.5, 0.6) is 0 Å². The molecule has 2 atom stereocenters. The number of hydrogen-bond donors (Lipinski definition) is 0. The molecule has 11 heteroatoms. The highest BCUT2D eigenvalue weighted by Crippen LogP contribution is 2.30. The van der Waals surface area contributed by atoms with Crippen molar-refractivity contribution in [1.82, 2.24) is 14.9 Å². The van der Waals surface area contributed by atoms with Crippen molar-refractivity contribution in [3.05, 3.63) is 18.5 Å². The van der Waals surface area contributed by atoms with Gasteiger partial charge in [0.25, 0.3) is 0 Å². The summed E-state index contributed by atoms with van der Waals surface area (Å²) in [7, 11) is -3.39. The Labute approximate surface area is 142 Å². The highest BCUT2D eigenvalue weighted by molar-refractivity contribution is 7.91. The van der Waals surface area contributed by atoms with E-state index in [1.165, 1.54) is 17.3 Å². The smallest absolute Gasteiger partial charge is 0.335 e. The topological polar surface area (TPSA) is 83.5 Å². The summed E-state index contributed by atoms with van der Waals surface area (Å²) in [6.45, 7) is 0.421. The van der Waals surface area contributed by atoms with Crippen molar-refractivity contribution >= 4 is 21.7 Å². The average Bonchev–Trinajstić information content (AvgIpc) is 2.86. The van der Waals surface area contributed by atoms with E-state index in [0.29, 0.717) is 5.95 Å². The van der Waals surface area contributed by atoms with Crippen LogP contribution in [0, 0.1) is 0 Å². The van der Waals surface area contributed by atoms with Gasteiger partial charge in [0.15, 0.2) is 9.84 Å². The monoisotopic (exact) mass is 378 g/mol. The second-order valence-electron chi connectivity index (χ2n) is 6.16. The van der Waals surface area contributed by atoms with Gasteiger partial charge >= 0.3 is 6.18 Å². The molecule has 3 rings (SSSR count). The van der Waals surface area contributed by atoms with Gasteiger partial charge in [0, 0.05) is 31.9 Å². The van der Waals surface area contributed by atoms with Gasteiger partial charge in [-0.25, -0.2) is 18.4 Å². The van der Waals surface area contributed by atoms with Gasteiger partial charge in [0.2, 0.25) is 11.9 Å². The number of aromatic nitrogens is 2. The van der Waals surface area contributed by atoms with Crippen LogP contribution >= 0.6 is 0 Å². The van der Waals surface area contributed by atoms with Crippen LogP contribution in [0.4, 0.5) is 19.1 Å². The number of hydrogen-bond acceptors (Lipinski definition) is 6. The van der Waals surface area contributed by atoms with Crippen LogP contribution in [0.25, 0.3) is 0 Å². The molecule has 0 radical (unpaired) electrons. The van der Waals surface area contributed by atoms with Crippen LogP contribution in [-0.2, 0) is 14.6 Å². The van der Waals surface area contributed by atoms with Gasteiger partial charge in [-0.1, -0.05) is 0 Å². The van der Waals surface area contributed by atoms with Crippen molar-refractivity contribution in [1.29, 1.82) is 0 Å². The van der Waals surface area contributed by atoms with E-state index in [-0.39, 0.29) is 24.6 Å². The fourth-order valence-corrected chi connectivity index (χ4v) is 5.32. The Hall–Kier alpha value is -1.91. The molecule has 2 saturated heterocycles. The normalized spacial score (nSPS) is 25.7. The van der Waals surface area contributed by atoms with E-state index in [0.717, 1.165) is 0 Å². The summed E-state index contributed by atoms with van der Waals surface area (Å²) in [5.74, 6) is -0.729. The molecule has 0 bridgehead atoms. The number of nitrogens with zero attached hydrogens (tertiary/aromatic N) is 4. The van der Waals surface area contributed by atoms with Crippen molar-refractivity contribution in [3.63, 3.8) is 0 Å². The molecule has 0 aromatic carbocycles. The lowest BCUT2D eigenvalue weighted by molar-refractivity contribution is -0.150. The van der Waals surface area contributed by atoms with Crippen LogP contribution in [0.2, 0.25) is 0 Å². The number of alkyl halides is 3. The van der Waals surface area contributed by atoms with E-state index in [2.05, 4.69) is 9.97 Å². The summed E-state index contributed by atoms with van der Waals surface area (Å²) in [6, 6.07) is 0.405. The molecule has 138 valence electrons. The molecule has 1 aromatic rings. The molecular formula is C14H17F3N4O3S. The largest absolute Gasteiger partial charge is 0.389 e. The van der Waals surface area contributed by atoms with Crippen molar-refractivity contribution < 1.29 is 26.4 Å². The molecule has 0 spiro atoms. The number of carbonyl (C=O) groups is 1. The predicted molar refractivity (Wildman–Crippen MR) is 82.6 cm³/mol. The summed E-state index contributed by atoms with van der Waals surface area (Å²) in [5, 5.41) is 0. The Morgan fingerprint density at radius 1 is 1.16 bits per heavy atom. The fourth-order valence-electron chi connectivity index (χ4n) is 3.34. The number of halogens is 3. The number of fused-ring (bicyclic) bond motifs is 1. The Kier molecular flexibility index (Phi) is 4.60. The molecule has 0 N–H and O–H groups in total. The first-order chi connectivity index (χ1) is 11.7. The van der Waals surface area contributed by atoms with Crippen LogP contribution < -0.4 is 4.90 Å². The van der Waals surface area contributed by atoms with E-state index in [4.69, 9.17) is 0 Å². The average molecular weight is 378 g/mol. The van der Waals surface area contributed by atoms with Gasteiger partial charge in [-0.3, -0.25) is 4.79 Å². The molecule has 1 amide bonds. The molecule has 7 nitrogen and oxygen atoms in total. The van der Waals surface area contributed by atoms with Gasteiger partial charge in [-0.05, 0) is 6.07 Å². The Morgan fingerprint density at radius 3 is 2.44 bits per heavy atom. The molecule has 0 saturated carbocycles. The summed E-state index contributed by atoms with van der Waals surface area (Å²) in [5.41, 5.74) is 0. The number of piperazine rings is 1. The molecule has 3 heterocycles. The molecule has 2 aliphatic rings. The van der Waals surface area contributed by atoms with E-state index in [1.807, 2.05) is 0 Å². The zero-order chi connectivity index (χ0) is 18.2. The number of carbonyl (C=O) groups excluding carboxylic acids is 1. The summed E-state index contributed by atoms with van der Waals surface area (Å²) in [4.78, 5) is 23.5. The van der Waals surface area contributed by atoms with Gasteiger partial charge in [0.1, 0.15) is 0 Å². The van der Waals surface area contributed by atoms with Gasteiger partial charge in [0.05, 0.1) is 30.0 Å². The molecular weight excluding hydrogens is 361 g/mol. The Balaban J connectivity index is 1.80. The zero-order valence-electron chi connectivity index (χ0n) is 13.2.